The fourth-order valence-electron chi connectivity index (χ4n) is 1.73. The van der Waals surface area contributed by atoms with Gasteiger partial charge in [0.1, 0.15) is 11.2 Å². The first kappa shape index (κ1) is 12.8. The molecular weight excluding hydrogens is 250 g/mol. The Labute approximate surface area is 107 Å². The van der Waals surface area contributed by atoms with Crippen molar-refractivity contribution in [3.05, 3.63) is 36.9 Å². The lowest BCUT2D eigenvalue weighted by Crippen LogP contribution is -2.34. The van der Waals surface area contributed by atoms with Crippen LogP contribution in [-0.2, 0) is 10.0 Å². The lowest BCUT2D eigenvalue weighted by molar-refractivity contribution is 0.597. The summed E-state index contributed by atoms with van der Waals surface area (Å²) in [5, 5.41) is 3.16. The van der Waals surface area contributed by atoms with Gasteiger partial charge in [0.15, 0.2) is 0 Å². The maximum absolute atomic E-state index is 11.7. The highest BCUT2D eigenvalue weighted by Crippen LogP contribution is 2.28. The molecule has 1 heterocycles. The molecule has 5 nitrogen and oxygen atoms in total. The van der Waals surface area contributed by atoms with Gasteiger partial charge in [-0.25, -0.2) is 0 Å². The number of nitrogens with zero attached hydrogens (tertiary/aromatic N) is 2. The fourth-order valence-corrected chi connectivity index (χ4v) is 2.78. The van der Waals surface area contributed by atoms with E-state index in [1.807, 2.05) is 11.0 Å². The summed E-state index contributed by atoms with van der Waals surface area (Å²) in [5.74, 6) is 0. The number of rotatable bonds is 5. The molecule has 0 spiro atoms. The van der Waals surface area contributed by atoms with Crippen LogP contribution < -0.4 is 10.2 Å². The third-order valence-electron chi connectivity index (χ3n) is 2.60. The molecule has 0 amide bonds. The van der Waals surface area contributed by atoms with E-state index in [1.165, 1.54) is 6.34 Å². The highest BCUT2D eigenvalue weighted by Gasteiger charge is 2.24. The van der Waals surface area contributed by atoms with Crippen molar-refractivity contribution in [2.75, 3.05) is 24.5 Å². The summed E-state index contributed by atoms with van der Waals surface area (Å²) < 4.78 is 27.1. The van der Waals surface area contributed by atoms with Crippen molar-refractivity contribution in [2.24, 2.45) is 4.40 Å². The van der Waals surface area contributed by atoms with E-state index in [0.29, 0.717) is 12.2 Å². The van der Waals surface area contributed by atoms with Crippen LogP contribution in [0.5, 0.6) is 0 Å². The maximum Gasteiger partial charge on any atom is 0.285 e. The summed E-state index contributed by atoms with van der Waals surface area (Å²) in [5.41, 5.74) is 0.674. The third kappa shape index (κ3) is 2.60. The van der Waals surface area contributed by atoms with Gasteiger partial charge in [-0.3, -0.25) is 0 Å². The smallest absolute Gasteiger partial charge is 0.285 e. The molecule has 18 heavy (non-hydrogen) atoms. The van der Waals surface area contributed by atoms with Gasteiger partial charge >= 0.3 is 0 Å². The van der Waals surface area contributed by atoms with Crippen LogP contribution in [0.15, 0.2) is 46.2 Å². The molecule has 96 valence electrons. The monoisotopic (exact) mass is 265 g/mol. The maximum atomic E-state index is 11.7. The normalized spacial score (nSPS) is 16.3. The Morgan fingerprint density at radius 2 is 2.17 bits per heavy atom. The molecule has 1 aliphatic rings. The highest BCUT2D eigenvalue weighted by molar-refractivity contribution is 7.90. The molecular formula is C12H15N3O2S. The Hall–Kier alpha value is -1.66. The molecule has 0 fully saturated rings. The molecule has 0 bridgehead atoms. The minimum Gasteiger partial charge on any atom is -0.329 e. The quantitative estimate of drug-likeness (QED) is 0.637. The Kier molecular flexibility index (Phi) is 3.78. The van der Waals surface area contributed by atoms with E-state index in [1.54, 1.807) is 24.3 Å². The minimum absolute atomic E-state index is 0.260. The van der Waals surface area contributed by atoms with Crippen molar-refractivity contribution in [1.82, 2.24) is 5.32 Å². The standard InChI is InChI=1S/C12H15N3O2S/c1-2-7-13-8-9-15-10-14-18(16,17)12-6-4-3-5-11(12)15/h2-6,10,13H,1,7-9H2. The first-order valence-corrected chi connectivity index (χ1v) is 7.07. The van der Waals surface area contributed by atoms with E-state index in [0.717, 1.165) is 13.1 Å². The number of anilines is 1. The average Bonchev–Trinajstić information content (AvgIpc) is 2.37. The van der Waals surface area contributed by atoms with Crippen LogP contribution in [-0.4, -0.2) is 34.4 Å². The molecule has 0 saturated heterocycles. The topological polar surface area (TPSA) is 61.8 Å². The van der Waals surface area contributed by atoms with Gasteiger partial charge in [-0.05, 0) is 12.1 Å². The van der Waals surface area contributed by atoms with Gasteiger partial charge in [0.25, 0.3) is 10.0 Å². The second-order valence-electron chi connectivity index (χ2n) is 3.85. The van der Waals surface area contributed by atoms with Crippen LogP contribution in [0.1, 0.15) is 0 Å². The van der Waals surface area contributed by atoms with Crippen molar-refractivity contribution in [2.45, 2.75) is 4.90 Å². The zero-order valence-electron chi connectivity index (χ0n) is 9.91. The summed E-state index contributed by atoms with van der Waals surface area (Å²) >= 11 is 0. The van der Waals surface area contributed by atoms with Gasteiger partial charge in [0.05, 0.1) is 5.69 Å². The predicted octanol–water partition coefficient (Wildman–Crippen LogP) is 0.999. The molecule has 0 aromatic heterocycles. The molecule has 0 radical (unpaired) electrons. The zero-order chi connectivity index (χ0) is 13.0. The van der Waals surface area contributed by atoms with E-state index in [-0.39, 0.29) is 4.90 Å². The summed E-state index contributed by atoms with van der Waals surface area (Å²) in [6.07, 6.45) is 3.15. The predicted molar refractivity (Wildman–Crippen MR) is 72.5 cm³/mol. The van der Waals surface area contributed by atoms with Crippen LogP contribution in [0.25, 0.3) is 0 Å². The molecule has 0 saturated carbocycles. The Bertz CT molecular complexity index is 566. The van der Waals surface area contributed by atoms with Crippen molar-refractivity contribution in [1.29, 1.82) is 0 Å². The Balaban J connectivity index is 2.17. The first-order valence-electron chi connectivity index (χ1n) is 5.63. The van der Waals surface area contributed by atoms with Crippen molar-refractivity contribution < 1.29 is 8.42 Å². The fraction of sp³-hybridized carbons (Fsp3) is 0.250. The second-order valence-corrected chi connectivity index (χ2v) is 5.45. The van der Waals surface area contributed by atoms with Crippen LogP contribution in [0, 0.1) is 0 Å². The van der Waals surface area contributed by atoms with E-state index >= 15 is 0 Å². The summed E-state index contributed by atoms with van der Waals surface area (Å²) in [6.45, 7) is 5.73. The molecule has 0 unspecified atom stereocenters. The zero-order valence-corrected chi connectivity index (χ0v) is 10.7. The Morgan fingerprint density at radius 1 is 1.39 bits per heavy atom. The van der Waals surface area contributed by atoms with Crippen molar-refractivity contribution in [3.8, 4) is 0 Å². The summed E-state index contributed by atoms with van der Waals surface area (Å²) in [7, 11) is -3.52. The van der Waals surface area contributed by atoms with Crippen LogP contribution in [0.3, 0.4) is 0 Å². The number of hydrogen-bond acceptors (Lipinski definition) is 4. The number of fused-ring (bicyclic) bond motifs is 1. The number of hydrogen-bond donors (Lipinski definition) is 1. The van der Waals surface area contributed by atoms with Crippen molar-refractivity contribution in [3.63, 3.8) is 0 Å². The molecule has 0 atom stereocenters. The van der Waals surface area contributed by atoms with Gasteiger partial charge in [-0.2, -0.15) is 8.42 Å². The molecule has 1 aromatic rings. The Morgan fingerprint density at radius 3 is 2.94 bits per heavy atom. The second kappa shape index (κ2) is 5.32. The van der Waals surface area contributed by atoms with Gasteiger partial charge in [-0.1, -0.05) is 18.2 Å². The van der Waals surface area contributed by atoms with E-state index in [9.17, 15) is 8.42 Å². The first-order chi connectivity index (χ1) is 8.65. The highest BCUT2D eigenvalue weighted by atomic mass is 32.2. The van der Waals surface area contributed by atoms with Crippen LogP contribution >= 0.6 is 0 Å². The minimum atomic E-state index is -3.52. The van der Waals surface area contributed by atoms with Gasteiger partial charge in [0.2, 0.25) is 0 Å². The largest absolute Gasteiger partial charge is 0.329 e. The van der Waals surface area contributed by atoms with Gasteiger partial charge < -0.3 is 10.2 Å². The molecule has 1 N–H and O–H groups in total. The average molecular weight is 265 g/mol. The SMILES string of the molecule is C=CCNCCN1C=NS(=O)(=O)c2ccccc21. The molecule has 6 heteroatoms. The molecule has 2 rings (SSSR count). The number of para-hydroxylation sites is 1. The molecule has 0 aliphatic carbocycles. The number of sulfonamides is 1. The third-order valence-corrected chi connectivity index (χ3v) is 3.87. The number of nitrogens with one attached hydrogen (secondary N) is 1. The van der Waals surface area contributed by atoms with Crippen molar-refractivity contribution >= 4 is 22.0 Å². The van der Waals surface area contributed by atoms with E-state index < -0.39 is 10.0 Å². The summed E-state index contributed by atoms with van der Waals surface area (Å²) in [4.78, 5) is 2.09. The van der Waals surface area contributed by atoms with Crippen LogP contribution in [0.4, 0.5) is 5.69 Å². The van der Waals surface area contributed by atoms with Gasteiger partial charge in [-0.15, -0.1) is 11.0 Å². The molecule has 1 aromatic carbocycles. The summed E-state index contributed by atoms with van der Waals surface area (Å²) in [6, 6.07) is 6.87. The molecule has 1 aliphatic heterocycles. The van der Waals surface area contributed by atoms with Gasteiger partial charge in [0, 0.05) is 19.6 Å². The lowest BCUT2D eigenvalue weighted by atomic mass is 10.3. The lowest BCUT2D eigenvalue weighted by Gasteiger charge is -2.24. The van der Waals surface area contributed by atoms with Crippen LogP contribution in [0.2, 0.25) is 0 Å². The van der Waals surface area contributed by atoms with E-state index in [2.05, 4.69) is 16.3 Å². The van der Waals surface area contributed by atoms with E-state index in [4.69, 9.17) is 0 Å². The number of benzene rings is 1.